The van der Waals surface area contributed by atoms with Gasteiger partial charge in [-0.2, -0.15) is 0 Å². The minimum atomic E-state index is -0.483. The summed E-state index contributed by atoms with van der Waals surface area (Å²) in [6, 6.07) is 9.51. The van der Waals surface area contributed by atoms with Crippen molar-refractivity contribution in [2.24, 2.45) is 11.7 Å². The summed E-state index contributed by atoms with van der Waals surface area (Å²) in [5, 5.41) is 3.07. The molecule has 1 atom stereocenters. The maximum atomic E-state index is 12.4. The summed E-state index contributed by atoms with van der Waals surface area (Å²) in [7, 11) is 0. The molecule has 1 aliphatic heterocycles. The van der Waals surface area contributed by atoms with Crippen LogP contribution in [-0.4, -0.2) is 36.3 Å². The number of nitrogens with two attached hydrogens (primary N) is 1. The van der Waals surface area contributed by atoms with Gasteiger partial charge in [-0.25, -0.2) is 0 Å². The first-order valence-corrected chi connectivity index (χ1v) is 6.44. The molecule has 0 radical (unpaired) electrons. The van der Waals surface area contributed by atoms with Gasteiger partial charge in [-0.15, -0.1) is 0 Å². The molecular formula is C14H19N3O2. The van der Waals surface area contributed by atoms with Gasteiger partial charge in [-0.3, -0.25) is 9.59 Å². The third-order valence-electron chi connectivity index (χ3n) is 3.49. The van der Waals surface area contributed by atoms with Crippen LogP contribution in [0, 0.1) is 5.92 Å². The zero-order valence-electron chi connectivity index (χ0n) is 11.0. The van der Waals surface area contributed by atoms with E-state index in [2.05, 4.69) is 5.32 Å². The fourth-order valence-electron chi connectivity index (χ4n) is 2.18. The van der Waals surface area contributed by atoms with Crippen molar-refractivity contribution in [3.63, 3.8) is 0 Å². The molecule has 0 unspecified atom stereocenters. The van der Waals surface area contributed by atoms with Gasteiger partial charge in [0.15, 0.2) is 0 Å². The molecule has 2 rings (SSSR count). The lowest BCUT2D eigenvalue weighted by Gasteiger charge is -2.35. The fourth-order valence-corrected chi connectivity index (χ4v) is 2.18. The van der Waals surface area contributed by atoms with Crippen LogP contribution >= 0.6 is 0 Å². The Morgan fingerprint density at radius 3 is 2.47 bits per heavy atom. The Balaban J connectivity index is 2.16. The van der Waals surface area contributed by atoms with Gasteiger partial charge < -0.3 is 16.0 Å². The molecule has 5 heteroatoms. The number of nitrogens with one attached hydrogen (secondary N) is 1. The highest BCUT2D eigenvalue weighted by atomic mass is 16.2. The first-order valence-electron chi connectivity index (χ1n) is 6.44. The van der Waals surface area contributed by atoms with Crippen LogP contribution < -0.4 is 11.1 Å². The van der Waals surface area contributed by atoms with Crippen LogP contribution in [0.5, 0.6) is 0 Å². The maximum Gasteiger partial charge on any atom is 0.237 e. The molecule has 3 N–H and O–H groups in total. The molecule has 1 aromatic rings. The third kappa shape index (κ3) is 3.12. The molecule has 1 fully saturated rings. The highest BCUT2D eigenvalue weighted by Crippen LogP contribution is 2.22. The van der Waals surface area contributed by atoms with Crippen molar-refractivity contribution >= 4 is 11.8 Å². The monoisotopic (exact) mass is 261 g/mol. The lowest BCUT2D eigenvalue weighted by molar-refractivity contribution is -0.142. The lowest BCUT2D eigenvalue weighted by atomic mass is 9.99. The van der Waals surface area contributed by atoms with Crippen LogP contribution in [-0.2, 0) is 9.59 Å². The quantitative estimate of drug-likeness (QED) is 0.799. The van der Waals surface area contributed by atoms with Crippen molar-refractivity contribution < 1.29 is 9.59 Å². The Labute approximate surface area is 112 Å². The van der Waals surface area contributed by atoms with Crippen LogP contribution in [0.1, 0.15) is 18.5 Å². The van der Waals surface area contributed by atoms with E-state index >= 15 is 0 Å². The second-order valence-corrected chi connectivity index (χ2v) is 4.87. The molecule has 5 nitrogen and oxygen atoms in total. The Morgan fingerprint density at radius 1 is 1.37 bits per heavy atom. The molecule has 1 aromatic carbocycles. The molecule has 0 aromatic heterocycles. The second kappa shape index (κ2) is 5.84. The Bertz CT molecular complexity index is 457. The van der Waals surface area contributed by atoms with Crippen LogP contribution in [0.25, 0.3) is 0 Å². The molecule has 102 valence electrons. The van der Waals surface area contributed by atoms with Crippen molar-refractivity contribution in [2.75, 3.05) is 19.6 Å². The predicted octanol–water partition coefficient (Wildman–Crippen LogP) is 0.281. The fraction of sp³-hybridized carbons (Fsp3) is 0.429. The van der Waals surface area contributed by atoms with Crippen LogP contribution in [0.4, 0.5) is 0 Å². The standard InChI is InChI=1S/C14H19N3O2/c1-10(11-5-3-2-4-6-11)17(9-13(15)18)14(19)12-7-16-8-12/h2-6,10,12,16H,7-9H2,1H3,(H2,15,18)/t10-/m1/s1. The second-order valence-electron chi connectivity index (χ2n) is 4.87. The minimum absolute atomic E-state index is 0.00565. The van der Waals surface area contributed by atoms with Gasteiger partial charge in [0.2, 0.25) is 11.8 Å². The topological polar surface area (TPSA) is 75.4 Å². The molecular weight excluding hydrogens is 242 g/mol. The van der Waals surface area contributed by atoms with E-state index in [9.17, 15) is 9.59 Å². The van der Waals surface area contributed by atoms with Crippen molar-refractivity contribution in [1.82, 2.24) is 10.2 Å². The normalized spacial score (nSPS) is 16.5. The number of amides is 2. The summed E-state index contributed by atoms with van der Waals surface area (Å²) >= 11 is 0. The van der Waals surface area contributed by atoms with E-state index in [0.717, 1.165) is 5.56 Å². The molecule has 1 saturated heterocycles. The first kappa shape index (κ1) is 13.5. The summed E-state index contributed by atoms with van der Waals surface area (Å²) in [6.45, 7) is 3.23. The number of hydrogen-bond donors (Lipinski definition) is 2. The summed E-state index contributed by atoms with van der Waals surface area (Å²) in [6.07, 6.45) is 0. The highest BCUT2D eigenvalue weighted by molar-refractivity contribution is 5.86. The van der Waals surface area contributed by atoms with Crippen LogP contribution in [0.2, 0.25) is 0 Å². The van der Waals surface area contributed by atoms with Crippen LogP contribution in [0.15, 0.2) is 30.3 Å². The number of rotatable bonds is 5. The van der Waals surface area contributed by atoms with Gasteiger partial charge in [0.1, 0.15) is 0 Å². The van der Waals surface area contributed by atoms with E-state index < -0.39 is 5.91 Å². The van der Waals surface area contributed by atoms with Crippen LogP contribution in [0.3, 0.4) is 0 Å². The number of primary amides is 1. The Morgan fingerprint density at radius 2 is 2.00 bits per heavy atom. The molecule has 0 aliphatic carbocycles. The summed E-state index contributed by atoms with van der Waals surface area (Å²) in [4.78, 5) is 25.1. The van der Waals surface area contributed by atoms with Crippen molar-refractivity contribution in [2.45, 2.75) is 13.0 Å². The molecule has 2 amide bonds. The van der Waals surface area contributed by atoms with Gasteiger partial charge in [-0.1, -0.05) is 30.3 Å². The molecule has 0 spiro atoms. The zero-order valence-corrected chi connectivity index (χ0v) is 11.0. The lowest BCUT2D eigenvalue weighted by Crippen LogP contribution is -2.53. The summed E-state index contributed by atoms with van der Waals surface area (Å²) < 4.78 is 0. The Kier molecular flexibility index (Phi) is 4.16. The zero-order chi connectivity index (χ0) is 13.8. The van der Waals surface area contributed by atoms with Crippen molar-refractivity contribution in [1.29, 1.82) is 0 Å². The summed E-state index contributed by atoms with van der Waals surface area (Å²) in [5.74, 6) is -0.525. The summed E-state index contributed by atoms with van der Waals surface area (Å²) in [5.41, 5.74) is 6.26. The largest absolute Gasteiger partial charge is 0.368 e. The molecule has 1 heterocycles. The van der Waals surface area contributed by atoms with Crippen molar-refractivity contribution in [3.05, 3.63) is 35.9 Å². The predicted molar refractivity (Wildman–Crippen MR) is 72.1 cm³/mol. The molecule has 19 heavy (non-hydrogen) atoms. The van der Waals surface area contributed by atoms with E-state index in [-0.39, 0.29) is 24.4 Å². The highest BCUT2D eigenvalue weighted by Gasteiger charge is 2.32. The number of hydrogen-bond acceptors (Lipinski definition) is 3. The minimum Gasteiger partial charge on any atom is -0.368 e. The van der Waals surface area contributed by atoms with Gasteiger partial charge in [0, 0.05) is 13.1 Å². The van der Waals surface area contributed by atoms with Crippen molar-refractivity contribution in [3.8, 4) is 0 Å². The molecule has 0 saturated carbocycles. The maximum absolute atomic E-state index is 12.4. The van der Waals surface area contributed by atoms with E-state index in [1.54, 1.807) is 4.90 Å². The van der Waals surface area contributed by atoms with E-state index in [1.807, 2.05) is 37.3 Å². The molecule has 1 aliphatic rings. The third-order valence-corrected chi connectivity index (χ3v) is 3.49. The van der Waals surface area contributed by atoms with Gasteiger partial charge in [-0.05, 0) is 12.5 Å². The number of carbonyl (C=O) groups excluding carboxylic acids is 2. The van der Waals surface area contributed by atoms with E-state index in [0.29, 0.717) is 13.1 Å². The number of nitrogens with zero attached hydrogens (tertiary/aromatic N) is 1. The number of benzene rings is 1. The Hall–Kier alpha value is -1.88. The van der Waals surface area contributed by atoms with Gasteiger partial charge in [0.05, 0.1) is 18.5 Å². The average Bonchev–Trinajstić information content (AvgIpc) is 2.34. The SMILES string of the molecule is C[C@H](c1ccccc1)N(CC(N)=O)C(=O)C1CNC1. The first-order chi connectivity index (χ1) is 9.09. The average molecular weight is 261 g/mol. The van der Waals surface area contributed by atoms with E-state index in [4.69, 9.17) is 5.73 Å². The van der Waals surface area contributed by atoms with Gasteiger partial charge in [0.25, 0.3) is 0 Å². The number of carbonyl (C=O) groups is 2. The smallest absolute Gasteiger partial charge is 0.237 e. The van der Waals surface area contributed by atoms with E-state index in [1.165, 1.54) is 0 Å². The van der Waals surface area contributed by atoms with Gasteiger partial charge >= 0.3 is 0 Å². The molecule has 0 bridgehead atoms.